The van der Waals surface area contributed by atoms with Crippen LogP contribution in [0.5, 0.6) is 11.5 Å². The Morgan fingerprint density at radius 1 is 1.31 bits per heavy atom. The van der Waals surface area contributed by atoms with E-state index in [2.05, 4.69) is 12.6 Å². The summed E-state index contributed by atoms with van der Waals surface area (Å²) in [4.78, 5) is 10.9. The number of hydrogen-bond acceptors (Lipinski definition) is 4. The second kappa shape index (κ2) is 6.27. The number of carboxylic acids is 1. The van der Waals surface area contributed by atoms with E-state index in [1.54, 1.807) is 6.07 Å². The molecule has 0 heterocycles. The van der Waals surface area contributed by atoms with Crippen molar-refractivity contribution in [2.45, 2.75) is 24.2 Å². The Morgan fingerprint density at radius 3 is 2.69 bits per heavy atom. The number of aliphatic carboxylic acids is 1. The van der Waals surface area contributed by atoms with Crippen LogP contribution >= 0.6 is 12.6 Å². The van der Waals surface area contributed by atoms with Gasteiger partial charge in [0, 0.05) is 17.4 Å². The van der Waals surface area contributed by atoms with Crippen molar-refractivity contribution in [3.8, 4) is 11.5 Å². The van der Waals surface area contributed by atoms with Gasteiger partial charge in [-0.1, -0.05) is 0 Å². The molecule has 0 saturated heterocycles. The zero-order chi connectivity index (χ0) is 12.0. The lowest BCUT2D eigenvalue weighted by atomic mass is 10.2. The lowest BCUT2D eigenvalue weighted by Gasteiger charge is -2.06. The molecule has 4 nitrogen and oxygen atoms in total. The summed E-state index contributed by atoms with van der Waals surface area (Å²) in [5.41, 5.74) is 0. The molecule has 1 aromatic carbocycles. The zero-order valence-electron chi connectivity index (χ0n) is 8.72. The lowest BCUT2D eigenvalue weighted by Crippen LogP contribution is -2.00. The molecular formula is C11H14O4S. The number of phenols is 1. The minimum Gasteiger partial charge on any atom is -0.508 e. The summed E-state index contributed by atoms with van der Waals surface area (Å²) in [6, 6.07) is 4.71. The van der Waals surface area contributed by atoms with Gasteiger partial charge in [-0.05, 0) is 25.0 Å². The molecule has 0 amide bonds. The summed E-state index contributed by atoms with van der Waals surface area (Å²) in [5, 5.41) is 17.7. The third-order valence-electron chi connectivity index (χ3n) is 1.93. The summed E-state index contributed by atoms with van der Waals surface area (Å²) < 4.78 is 5.35. The number of unbranched alkanes of at least 4 members (excludes halogenated alkanes) is 1. The number of thiol groups is 1. The second-order valence-corrected chi connectivity index (χ2v) is 3.90. The zero-order valence-corrected chi connectivity index (χ0v) is 9.61. The highest BCUT2D eigenvalue weighted by Gasteiger charge is 2.00. The molecule has 0 saturated carbocycles. The van der Waals surface area contributed by atoms with Crippen LogP contribution < -0.4 is 4.74 Å². The van der Waals surface area contributed by atoms with Gasteiger partial charge in [0.1, 0.15) is 11.5 Å². The number of carboxylic acid groups (broad SMARTS) is 1. The fourth-order valence-corrected chi connectivity index (χ4v) is 1.48. The van der Waals surface area contributed by atoms with E-state index < -0.39 is 5.97 Å². The molecule has 0 aromatic heterocycles. The van der Waals surface area contributed by atoms with Crippen LogP contribution in [0.25, 0.3) is 0 Å². The van der Waals surface area contributed by atoms with Gasteiger partial charge in [0.2, 0.25) is 0 Å². The van der Waals surface area contributed by atoms with E-state index in [4.69, 9.17) is 9.84 Å². The largest absolute Gasteiger partial charge is 0.508 e. The van der Waals surface area contributed by atoms with Crippen LogP contribution in [0.15, 0.2) is 23.1 Å². The van der Waals surface area contributed by atoms with Crippen molar-refractivity contribution < 1.29 is 19.7 Å². The first kappa shape index (κ1) is 12.7. The molecule has 0 atom stereocenters. The SMILES string of the molecule is O=C(O)CCCCOc1cc(O)cc(S)c1. The van der Waals surface area contributed by atoms with Gasteiger partial charge in [-0.2, -0.15) is 0 Å². The molecule has 0 aliphatic heterocycles. The van der Waals surface area contributed by atoms with Crippen LogP contribution in [-0.4, -0.2) is 22.8 Å². The maximum atomic E-state index is 10.2. The molecule has 1 aromatic rings. The van der Waals surface area contributed by atoms with Gasteiger partial charge in [0.25, 0.3) is 0 Å². The first-order valence-electron chi connectivity index (χ1n) is 4.95. The topological polar surface area (TPSA) is 66.8 Å². The van der Waals surface area contributed by atoms with Gasteiger partial charge in [0.15, 0.2) is 0 Å². The second-order valence-electron chi connectivity index (χ2n) is 3.38. The van der Waals surface area contributed by atoms with Gasteiger partial charge >= 0.3 is 5.97 Å². The Bertz CT molecular complexity index is 345. The van der Waals surface area contributed by atoms with Gasteiger partial charge in [0.05, 0.1) is 6.61 Å². The highest BCUT2D eigenvalue weighted by Crippen LogP contribution is 2.23. The van der Waals surface area contributed by atoms with Crippen molar-refractivity contribution in [2.24, 2.45) is 0 Å². The number of ether oxygens (including phenoxy) is 1. The first-order valence-corrected chi connectivity index (χ1v) is 5.40. The van der Waals surface area contributed by atoms with Gasteiger partial charge in [-0.15, -0.1) is 12.6 Å². The van der Waals surface area contributed by atoms with Crippen LogP contribution in [0.3, 0.4) is 0 Å². The Hall–Kier alpha value is -1.36. The van der Waals surface area contributed by atoms with Crippen LogP contribution in [0.4, 0.5) is 0 Å². The molecule has 88 valence electrons. The Labute approximate surface area is 99.3 Å². The molecule has 5 heteroatoms. The third kappa shape index (κ3) is 4.93. The van der Waals surface area contributed by atoms with Crippen LogP contribution in [0, 0.1) is 0 Å². The molecule has 16 heavy (non-hydrogen) atoms. The summed E-state index contributed by atoms with van der Waals surface area (Å²) in [5.74, 6) is -0.150. The molecule has 0 unspecified atom stereocenters. The van der Waals surface area contributed by atoms with Crippen molar-refractivity contribution in [3.63, 3.8) is 0 Å². The number of phenolic OH excluding ortho intramolecular Hbond substituents is 1. The average Bonchev–Trinajstić information content (AvgIpc) is 2.15. The van der Waals surface area contributed by atoms with Crippen LogP contribution in [0.2, 0.25) is 0 Å². The number of carbonyl (C=O) groups is 1. The molecule has 0 aliphatic rings. The molecule has 0 aliphatic carbocycles. The molecule has 2 N–H and O–H groups in total. The standard InChI is InChI=1S/C11H14O4S/c12-8-5-9(7-10(16)6-8)15-4-2-1-3-11(13)14/h5-7,12,16H,1-4H2,(H,13,14). The normalized spacial score (nSPS) is 10.1. The molecule has 1 rings (SSSR count). The smallest absolute Gasteiger partial charge is 0.303 e. The van der Waals surface area contributed by atoms with Crippen molar-refractivity contribution in [2.75, 3.05) is 6.61 Å². The maximum Gasteiger partial charge on any atom is 0.303 e. The predicted molar refractivity (Wildman–Crippen MR) is 62.3 cm³/mol. The first-order chi connectivity index (χ1) is 7.58. The van der Waals surface area contributed by atoms with Gasteiger partial charge in [-0.25, -0.2) is 0 Å². The summed E-state index contributed by atoms with van der Waals surface area (Å²) in [6.07, 6.45) is 1.41. The summed E-state index contributed by atoms with van der Waals surface area (Å²) in [7, 11) is 0. The number of rotatable bonds is 6. The Kier molecular flexibility index (Phi) is 4.98. The van der Waals surface area contributed by atoms with E-state index >= 15 is 0 Å². The lowest BCUT2D eigenvalue weighted by molar-refractivity contribution is -0.137. The van der Waals surface area contributed by atoms with Crippen LogP contribution in [0.1, 0.15) is 19.3 Å². The van der Waals surface area contributed by atoms with E-state index in [9.17, 15) is 9.90 Å². The van der Waals surface area contributed by atoms with Gasteiger partial charge < -0.3 is 14.9 Å². The molecule has 0 radical (unpaired) electrons. The minimum atomic E-state index is -0.796. The molecule has 0 bridgehead atoms. The average molecular weight is 242 g/mol. The quantitative estimate of drug-likeness (QED) is 0.529. The van der Waals surface area contributed by atoms with Crippen molar-refractivity contribution in [1.82, 2.24) is 0 Å². The van der Waals surface area contributed by atoms with E-state index in [1.165, 1.54) is 12.1 Å². The highest BCUT2D eigenvalue weighted by molar-refractivity contribution is 7.80. The Morgan fingerprint density at radius 2 is 2.06 bits per heavy atom. The fourth-order valence-electron chi connectivity index (χ4n) is 1.22. The monoisotopic (exact) mass is 242 g/mol. The maximum absolute atomic E-state index is 10.2. The minimum absolute atomic E-state index is 0.105. The highest BCUT2D eigenvalue weighted by atomic mass is 32.1. The molecular weight excluding hydrogens is 228 g/mol. The van der Waals surface area contributed by atoms with Crippen LogP contribution in [-0.2, 0) is 4.79 Å². The number of aromatic hydroxyl groups is 1. The fraction of sp³-hybridized carbons (Fsp3) is 0.364. The third-order valence-corrected chi connectivity index (χ3v) is 2.19. The van der Waals surface area contributed by atoms with Gasteiger partial charge in [-0.3, -0.25) is 4.79 Å². The predicted octanol–water partition coefficient (Wildman–Crippen LogP) is 2.31. The van der Waals surface area contributed by atoms with Crippen molar-refractivity contribution in [3.05, 3.63) is 18.2 Å². The summed E-state index contributed by atoms with van der Waals surface area (Å²) >= 11 is 4.10. The van der Waals surface area contributed by atoms with E-state index in [1.807, 2.05) is 0 Å². The van der Waals surface area contributed by atoms with E-state index in [0.29, 0.717) is 30.1 Å². The van der Waals surface area contributed by atoms with E-state index in [-0.39, 0.29) is 12.2 Å². The summed E-state index contributed by atoms with van der Waals surface area (Å²) in [6.45, 7) is 0.434. The van der Waals surface area contributed by atoms with Crippen molar-refractivity contribution in [1.29, 1.82) is 0 Å². The number of hydrogen-bond donors (Lipinski definition) is 3. The van der Waals surface area contributed by atoms with E-state index in [0.717, 1.165) is 0 Å². The van der Waals surface area contributed by atoms with Crippen molar-refractivity contribution >= 4 is 18.6 Å². The molecule has 0 spiro atoms. The molecule has 0 fully saturated rings. The number of benzene rings is 1. The Balaban J connectivity index is 2.29.